The van der Waals surface area contributed by atoms with Crippen LogP contribution in [0.5, 0.6) is 0 Å². The van der Waals surface area contributed by atoms with E-state index in [1.54, 1.807) is 0 Å². The molecule has 0 saturated carbocycles. The van der Waals surface area contributed by atoms with Crippen molar-refractivity contribution < 1.29 is 0 Å². The SMILES string of the molecule is Cc1c2ccccc3cc(-c4ccc(-c5ccc6ccccc6c5)cc4)ccc3n1-c1ccccc1C2(C)C. The summed E-state index contributed by atoms with van der Waals surface area (Å²) in [6.45, 7) is 6.92. The van der Waals surface area contributed by atoms with Crippen LogP contribution in [0.2, 0.25) is 0 Å². The molecule has 2 bridgehead atoms. The Balaban J connectivity index is 1.36. The molecule has 0 radical (unpaired) electrons. The van der Waals surface area contributed by atoms with Crippen molar-refractivity contribution in [1.82, 2.24) is 4.57 Å². The molecule has 0 fully saturated rings. The molecule has 0 N–H and O–H groups in total. The van der Waals surface area contributed by atoms with E-state index in [4.69, 9.17) is 0 Å². The molecule has 1 aliphatic rings. The van der Waals surface area contributed by atoms with Gasteiger partial charge in [0.15, 0.2) is 0 Å². The normalized spacial score (nSPS) is 13.2. The highest BCUT2D eigenvalue weighted by Gasteiger charge is 2.32. The van der Waals surface area contributed by atoms with E-state index in [1.165, 1.54) is 66.4 Å². The molecule has 0 unspecified atom stereocenters. The fourth-order valence-electron chi connectivity index (χ4n) is 6.34. The summed E-state index contributed by atoms with van der Waals surface area (Å²) in [7, 11) is 0. The van der Waals surface area contributed by atoms with Crippen molar-refractivity contribution in [2.75, 3.05) is 0 Å². The molecule has 0 atom stereocenters. The maximum absolute atomic E-state index is 2.44. The van der Waals surface area contributed by atoms with Gasteiger partial charge in [-0.25, -0.2) is 0 Å². The minimum atomic E-state index is -0.0568. The third kappa shape index (κ3) is 3.85. The lowest BCUT2D eigenvalue weighted by atomic mass is 9.75. The Bertz CT molecular complexity index is 1930. The molecular weight excluding hydrogens is 470 g/mol. The van der Waals surface area contributed by atoms with E-state index >= 15 is 0 Å². The fourth-order valence-corrected chi connectivity index (χ4v) is 6.34. The third-order valence-corrected chi connectivity index (χ3v) is 8.44. The van der Waals surface area contributed by atoms with Crippen molar-refractivity contribution in [1.29, 1.82) is 0 Å². The Morgan fingerprint density at radius 1 is 0.462 bits per heavy atom. The van der Waals surface area contributed by atoms with E-state index in [0.717, 1.165) is 0 Å². The minimum Gasteiger partial charge on any atom is -0.313 e. The lowest BCUT2D eigenvalue weighted by Gasteiger charge is -2.36. The molecule has 6 aromatic rings. The molecule has 5 aromatic carbocycles. The Hall–Kier alpha value is -4.62. The first-order valence-electron chi connectivity index (χ1n) is 13.7. The second-order valence-electron chi connectivity index (χ2n) is 11.1. The number of aromatic nitrogens is 1. The maximum atomic E-state index is 2.44. The van der Waals surface area contributed by atoms with Crippen LogP contribution in [-0.2, 0) is 5.41 Å². The Morgan fingerprint density at radius 2 is 0.974 bits per heavy atom. The molecule has 7 rings (SSSR count). The first-order valence-corrected chi connectivity index (χ1v) is 13.7. The van der Waals surface area contributed by atoms with Crippen molar-refractivity contribution in [3.63, 3.8) is 0 Å². The number of rotatable bonds is 2. The van der Waals surface area contributed by atoms with Crippen molar-refractivity contribution in [2.24, 2.45) is 0 Å². The summed E-state index contributed by atoms with van der Waals surface area (Å²) in [5, 5.41) is 3.76. The molecule has 1 aromatic heterocycles. The van der Waals surface area contributed by atoms with Crippen molar-refractivity contribution in [3.05, 3.63) is 150 Å². The standard InChI is InChI=1S/C38H31N/c1-26-34-13-7-6-12-33-25-32(22-23-36(33)39(26)37-15-9-8-14-35(37)38(34,2)3)29-18-16-28(17-19-29)31-21-20-27-10-4-5-11-30(27)24-31/h4-25H,1-3H3. The topological polar surface area (TPSA) is 4.93 Å². The second kappa shape index (κ2) is 8.99. The van der Waals surface area contributed by atoms with Crippen molar-refractivity contribution in [2.45, 2.75) is 26.2 Å². The van der Waals surface area contributed by atoms with Crippen LogP contribution in [0.4, 0.5) is 0 Å². The smallest absolute Gasteiger partial charge is 0.0531 e. The maximum Gasteiger partial charge on any atom is 0.0531 e. The molecular formula is C38H31N. The predicted molar refractivity (Wildman–Crippen MR) is 166 cm³/mol. The molecule has 2 heterocycles. The summed E-state index contributed by atoms with van der Waals surface area (Å²) < 4.78 is 2.44. The molecule has 1 aliphatic heterocycles. The van der Waals surface area contributed by atoms with Crippen molar-refractivity contribution >= 4 is 21.7 Å². The number of fused-ring (bicyclic) bond motifs is 7. The van der Waals surface area contributed by atoms with Gasteiger partial charge in [-0.15, -0.1) is 0 Å². The first-order chi connectivity index (χ1) is 19.0. The zero-order valence-electron chi connectivity index (χ0n) is 22.6. The van der Waals surface area contributed by atoms with E-state index in [-0.39, 0.29) is 5.41 Å². The van der Waals surface area contributed by atoms with Gasteiger partial charge >= 0.3 is 0 Å². The van der Waals surface area contributed by atoms with Gasteiger partial charge in [0.25, 0.3) is 0 Å². The van der Waals surface area contributed by atoms with Gasteiger partial charge in [-0.2, -0.15) is 0 Å². The number of nitrogens with zero attached hydrogens (tertiary/aromatic N) is 1. The second-order valence-corrected chi connectivity index (χ2v) is 11.1. The molecule has 1 heteroatoms. The molecule has 0 aliphatic carbocycles. The quantitative estimate of drug-likeness (QED) is 0.222. The molecule has 1 nitrogen and oxygen atoms in total. The Morgan fingerprint density at radius 3 is 1.69 bits per heavy atom. The number of hydrogen-bond donors (Lipinski definition) is 0. The number of hydrogen-bond acceptors (Lipinski definition) is 0. The summed E-state index contributed by atoms with van der Waals surface area (Å²) in [6, 6.07) is 48.8. The first kappa shape index (κ1) is 23.5. The number of benzene rings is 5. The molecule has 0 spiro atoms. The fraction of sp³-hybridized carbons (Fsp3) is 0.105. The van der Waals surface area contributed by atoms with E-state index in [9.17, 15) is 0 Å². The summed E-state index contributed by atoms with van der Waals surface area (Å²) in [6.07, 6.45) is 0. The van der Waals surface area contributed by atoms with E-state index in [1.807, 2.05) is 0 Å². The van der Waals surface area contributed by atoms with Crippen LogP contribution in [-0.4, -0.2) is 4.57 Å². The van der Waals surface area contributed by atoms with Crippen LogP contribution >= 0.6 is 0 Å². The van der Waals surface area contributed by atoms with Crippen LogP contribution in [0.3, 0.4) is 0 Å². The van der Waals surface area contributed by atoms with Crippen LogP contribution in [0.15, 0.2) is 133 Å². The van der Waals surface area contributed by atoms with Crippen LogP contribution in [0.1, 0.15) is 30.7 Å². The van der Waals surface area contributed by atoms with E-state index < -0.39 is 0 Å². The molecule has 188 valence electrons. The predicted octanol–water partition coefficient (Wildman–Crippen LogP) is 10.2. The zero-order chi connectivity index (χ0) is 26.6. The van der Waals surface area contributed by atoms with Gasteiger partial charge in [0.1, 0.15) is 0 Å². The van der Waals surface area contributed by atoms with Gasteiger partial charge in [0.05, 0.1) is 5.52 Å². The van der Waals surface area contributed by atoms with Gasteiger partial charge in [0, 0.05) is 16.8 Å². The van der Waals surface area contributed by atoms with Gasteiger partial charge in [-0.1, -0.05) is 123 Å². The molecule has 0 amide bonds. The zero-order valence-corrected chi connectivity index (χ0v) is 22.6. The average Bonchev–Trinajstić information content (AvgIpc) is 3.02. The Kier molecular flexibility index (Phi) is 5.42. The lowest BCUT2D eigenvalue weighted by molar-refractivity contribution is 0.607. The Labute approximate surface area is 230 Å². The summed E-state index contributed by atoms with van der Waals surface area (Å²) >= 11 is 0. The highest BCUT2D eigenvalue weighted by Crippen LogP contribution is 2.42. The highest BCUT2D eigenvalue weighted by atomic mass is 15.0. The van der Waals surface area contributed by atoms with Crippen LogP contribution in [0.25, 0.3) is 49.6 Å². The largest absolute Gasteiger partial charge is 0.313 e. The van der Waals surface area contributed by atoms with Crippen molar-refractivity contribution in [3.8, 4) is 27.9 Å². The summed E-state index contributed by atoms with van der Waals surface area (Å²) in [4.78, 5) is 0. The minimum absolute atomic E-state index is 0.0568. The van der Waals surface area contributed by atoms with Gasteiger partial charge < -0.3 is 4.57 Å². The van der Waals surface area contributed by atoms with Gasteiger partial charge in [-0.05, 0) is 80.7 Å². The van der Waals surface area contributed by atoms with E-state index in [0.29, 0.717) is 0 Å². The summed E-state index contributed by atoms with van der Waals surface area (Å²) in [5.41, 5.74) is 11.3. The highest BCUT2D eigenvalue weighted by molar-refractivity contribution is 5.89. The monoisotopic (exact) mass is 501 g/mol. The summed E-state index contributed by atoms with van der Waals surface area (Å²) in [5.74, 6) is 0. The van der Waals surface area contributed by atoms with Crippen LogP contribution < -0.4 is 0 Å². The molecule has 39 heavy (non-hydrogen) atoms. The molecule has 0 saturated heterocycles. The van der Waals surface area contributed by atoms with Crippen LogP contribution in [0, 0.1) is 6.92 Å². The third-order valence-electron chi connectivity index (χ3n) is 8.44. The number of para-hydroxylation sites is 1. The average molecular weight is 502 g/mol. The van der Waals surface area contributed by atoms with E-state index in [2.05, 4.69) is 159 Å². The van der Waals surface area contributed by atoms with Gasteiger partial charge in [0.2, 0.25) is 0 Å². The lowest BCUT2D eigenvalue weighted by Crippen LogP contribution is -2.28. The van der Waals surface area contributed by atoms with Gasteiger partial charge in [-0.3, -0.25) is 0 Å².